The molecule has 1 aromatic heterocycles. The predicted molar refractivity (Wildman–Crippen MR) is 107 cm³/mol. The largest absolute Gasteiger partial charge is 0.573 e. The Morgan fingerprint density at radius 1 is 1.09 bits per heavy atom. The third kappa shape index (κ3) is 2.89. The van der Waals surface area contributed by atoms with E-state index in [0.717, 1.165) is 23.2 Å². The van der Waals surface area contributed by atoms with Crippen molar-refractivity contribution >= 4 is 34.2 Å². The molecule has 164 valence electrons. The van der Waals surface area contributed by atoms with Gasteiger partial charge in [0.05, 0.1) is 23.1 Å². The van der Waals surface area contributed by atoms with Crippen molar-refractivity contribution < 1.29 is 31.9 Å². The molecule has 0 N–H and O–H groups in total. The normalized spacial score (nSPS) is 22.8. The number of carbonyl (C=O) groups is 2. The highest BCUT2D eigenvalue weighted by molar-refractivity contribution is 6.33. The zero-order valence-electron chi connectivity index (χ0n) is 16.6. The number of urea groups is 1. The number of para-hydroxylation sites is 1. The molecule has 1 aliphatic heterocycles. The molecule has 1 spiro atoms. The number of pyridine rings is 1. The average molecular weight is 445 g/mol. The fourth-order valence-electron chi connectivity index (χ4n) is 4.31. The zero-order valence-corrected chi connectivity index (χ0v) is 16.6. The Hall–Kier alpha value is -3.69. The van der Waals surface area contributed by atoms with Crippen LogP contribution in [0, 0.1) is 11.7 Å². The molecule has 2 atom stereocenters. The van der Waals surface area contributed by atoms with E-state index >= 15 is 4.39 Å². The minimum Gasteiger partial charge on any atom is -0.406 e. The number of imide groups is 1. The molecule has 1 aliphatic carbocycles. The van der Waals surface area contributed by atoms with Crippen LogP contribution in [-0.2, 0) is 4.79 Å². The summed E-state index contributed by atoms with van der Waals surface area (Å²) in [5.41, 5.74) is -0.782. The van der Waals surface area contributed by atoms with Crippen molar-refractivity contribution in [2.24, 2.45) is 5.92 Å². The standard InChI is InChI=1S/C22H15F4N3O3/c1-12-10-21(12)19(30)28(13-6-8-14(9-7-13)32-22(24,25)26)20(31)29(21)18-15-4-2-3-5-17(15)27-11-16(18)23/h2-9,11-12H,10H2,1H3. The number of alkyl halides is 3. The number of nitrogens with zero attached hydrogens (tertiary/aromatic N) is 3. The highest BCUT2D eigenvalue weighted by atomic mass is 19.4. The van der Waals surface area contributed by atoms with Crippen LogP contribution in [0.2, 0.25) is 0 Å². The summed E-state index contributed by atoms with van der Waals surface area (Å²) >= 11 is 0. The summed E-state index contributed by atoms with van der Waals surface area (Å²) < 4.78 is 56.2. The van der Waals surface area contributed by atoms with Gasteiger partial charge in [0.1, 0.15) is 11.3 Å². The zero-order chi connectivity index (χ0) is 22.8. The first-order valence-corrected chi connectivity index (χ1v) is 9.71. The summed E-state index contributed by atoms with van der Waals surface area (Å²) in [5.74, 6) is -2.03. The van der Waals surface area contributed by atoms with Crippen molar-refractivity contribution in [1.29, 1.82) is 0 Å². The van der Waals surface area contributed by atoms with Gasteiger partial charge in [0.25, 0.3) is 5.91 Å². The molecule has 6 nitrogen and oxygen atoms in total. The Balaban J connectivity index is 1.60. The highest BCUT2D eigenvalue weighted by Gasteiger charge is 2.71. The maximum atomic E-state index is 15.0. The number of aromatic nitrogens is 1. The van der Waals surface area contributed by atoms with Crippen LogP contribution in [0.1, 0.15) is 13.3 Å². The summed E-state index contributed by atoms with van der Waals surface area (Å²) in [6.45, 7) is 1.78. The maximum absolute atomic E-state index is 15.0. The fourth-order valence-corrected chi connectivity index (χ4v) is 4.31. The van der Waals surface area contributed by atoms with Gasteiger partial charge in [0.15, 0.2) is 5.82 Å². The lowest BCUT2D eigenvalue weighted by Crippen LogP contribution is -2.39. The van der Waals surface area contributed by atoms with Gasteiger partial charge >= 0.3 is 12.4 Å². The summed E-state index contributed by atoms with van der Waals surface area (Å²) in [5, 5.41) is 0.378. The van der Waals surface area contributed by atoms with Gasteiger partial charge in [-0.05, 0) is 42.7 Å². The number of halogens is 4. The Bertz CT molecular complexity index is 1260. The third-order valence-corrected chi connectivity index (χ3v) is 5.88. The van der Waals surface area contributed by atoms with Gasteiger partial charge < -0.3 is 4.74 Å². The van der Waals surface area contributed by atoms with E-state index in [2.05, 4.69) is 9.72 Å². The number of anilines is 2. The van der Waals surface area contributed by atoms with Gasteiger partial charge in [-0.25, -0.2) is 14.1 Å². The number of ether oxygens (including phenoxy) is 1. The first-order valence-electron chi connectivity index (χ1n) is 9.71. The molecule has 2 fully saturated rings. The van der Waals surface area contributed by atoms with Gasteiger partial charge in [-0.1, -0.05) is 25.1 Å². The molecule has 0 bridgehead atoms. The van der Waals surface area contributed by atoms with Crippen LogP contribution in [0.3, 0.4) is 0 Å². The first-order chi connectivity index (χ1) is 15.1. The topological polar surface area (TPSA) is 62.7 Å². The molecule has 0 radical (unpaired) electrons. The highest BCUT2D eigenvalue weighted by Crippen LogP contribution is 2.56. The van der Waals surface area contributed by atoms with E-state index in [1.165, 1.54) is 17.0 Å². The van der Waals surface area contributed by atoms with Crippen LogP contribution in [0.25, 0.3) is 10.9 Å². The van der Waals surface area contributed by atoms with Gasteiger partial charge in [0.2, 0.25) is 0 Å². The molecule has 2 heterocycles. The molecule has 2 unspecified atom stereocenters. The Morgan fingerprint density at radius 3 is 2.38 bits per heavy atom. The molecule has 2 aliphatic rings. The SMILES string of the molecule is CC1CC12C(=O)N(c1ccc(OC(F)(F)F)cc1)C(=O)N2c1c(F)cnc2ccccc12. The van der Waals surface area contributed by atoms with Crippen LogP contribution in [0.15, 0.2) is 54.7 Å². The fraction of sp³-hybridized carbons (Fsp3) is 0.227. The number of amides is 3. The van der Waals surface area contributed by atoms with Gasteiger partial charge in [0, 0.05) is 5.39 Å². The van der Waals surface area contributed by atoms with E-state index in [1.54, 1.807) is 31.2 Å². The lowest BCUT2D eigenvalue weighted by atomic mass is 10.1. The van der Waals surface area contributed by atoms with Gasteiger partial charge in [-0.3, -0.25) is 14.7 Å². The quantitative estimate of drug-likeness (QED) is 0.419. The van der Waals surface area contributed by atoms with E-state index < -0.39 is 35.4 Å². The smallest absolute Gasteiger partial charge is 0.406 e. The number of hydrogen-bond donors (Lipinski definition) is 0. The number of rotatable bonds is 3. The lowest BCUT2D eigenvalue weighted by molar-refractivity contribution is -0.274. The number of hydrogen-bond acceptors (Lipinski definition) is 4. The monoisotopic (exact) mass is 445 g/mol. The molecule has 5 rings (SSSR count). The third-order valence-electron chi connectivity index (χ3n) is 5.88. The molecular formula is C22H15F4N3O3. The molecule has 10 heteroatoms. The van der Waals surface area contributed by atoms with Crippen LogP contribution < -0.4 is 14.5 Å². The second kappa shape index (κ2) is 6.65. The van der Waals surface area contributed by atoms with Crippen LogP contribution >= 0.6 is 0 Å². The summed E-state index contributed by atoms with van der Waals surface area (Å²) in [4.78, 5) is 32.9. The van der Waals surface area contributed by atoms with E-state index in [-0.39, 0.29) is 17.3 Å². The minimum atomic E-state index is -4.87. The van der Waals surface area contributed by atoms with Gasteiger partial charge in [-0.2, -0.15) is 0 Å². The first kappa shape index (κ1) is 20.2. The Kier molecular flexibility index (Phi) is 4.20. The second-order valence-corrected chi connectivity index (χ2v) is 7.80. The minimum absolute atomic E-state index is 0.0437. The van der Waals surface area contributed by atoms with Crippen molar-refractivity contribution in [3.05, 3.63) is 60.5 Å². The van der Waals surface area contributed by atoms with Crippen molar-refractivity contribution in [1.82, 2.24) is 4.98 Å². The summed E-state index contributed by atoms with van der Waals surface area (Å²) in [7, 11) is 0. The van der Waals surface area contributed by atoms with E-state index in [1.807, 2.05) is 0 Å². The van der Waals surface area contributed by atoms with Crippen molar-refractivity contribution in [2.45, 2.75) is 25.2 Å². The van der Waals surface area contributed by atoms with Crippen molar-refractivity contribution in [2.75, 3.05) is 9.80 Å². The molecule has 3 aromatic rings. The van der Waals surface area contributed by atoms with Crippen LogP contribution in [-0.4, -0.2) is 28.8 Å². The average Bonchev–Trinajstić information content (AvgIpc) is 3.36. The van der Waals surface area contributed by atoms with Crippen molar-refractivity contribution in [3.8, 4) is 5.75 Å². The summed E-state index contributed by atoms with van der Waals surface area (Å²) in [6.07, 6.45) is -3.54. The van der Waals surface area contributed by atoms with Crippen LogP contribution in [0.4, 0.5) is 33.7 Å². The Morgan fingerprint density at radius 2 is 1.75 bits per heavy atom. The molecule has 3 amide bonds. The second-order valence-electron chi connectivity index (χ2n) is 7.80. The number of carbonyl (C=O) groups excluding carboxylic acids is 2. The van der Waals surface area contributed by atoms with Crippen LogP contribution in [0.5, 0.6) is 5.75 Å². The molecular weight excluding hydrogens is 430 g/mol. The van der Waals surface area contributed by atoms with E-state index in [0.29, 0.717) is 17.3 Å². The number of fused-ring (bicyclic) bond motifs is 1. The predicted octanol–water partition coefficient (Wildman–Crippen LogP) is 5.02. The van der Waals surface area contributed by atoms with E-state index in [9.17, 15) is 22.8 Å². The lowest BCUT2D eigenvalue weighted by Gasteiger charge is -2.24. The molecule has 32 heavy (non-hydrogen) atoms. The molecule has 1 saturated heterocycles. The summed E-state index contributed by atoms with van der Waals surface area (Å²) in [6, 6.07) is 10.3. The molecule has 2 aromatic carbocycles. The maximum Gasteiger partial charge on any atom is 0.573 e. The van der Waals surface area contributed by atoms with Gasteiger partial charge in [-0.15, -0.1) is 13.2 Å². The van der Waals surface area contributed by atoms with E-state index in [4.69, 9.17) is 0 Å². The Labute approximate surface area is 179 Å². The molecule has 1 saturated carbocycles. The van der Waals surface area contributed by atoms with Crippen molar-refractivity contribution in [3.63, 3.8) is 0 Å². The number of benzene rings is 2.